The summed E-state index contributed by atoms with van der Waals surface area (Å²) in [6.07, 6.45) is 1.77. The Morgan fingerprint density at radius 3 is 3.08 bits per heavy atom. The lowest BCUT2D eigenvalue weighted by atomic mass is 10.1. The minimum atomic E-state index is -0.373. The topological polar surface area (TPSA) is 104 Å². The van der Waals surface area contributed by atoms with Gasteiger partial charge in [0, 0.05) is 11.3 Å². The predicted octanol–water partition coefficient (Wildman–Crippen LogP) is 3.47. The van der Waals surface area contributed by atoms with Crippen molar-refractivity contribution in [2.24, 2.45) is 0 Å². The maximum Gasteiger partial charge on any atom is 0.275 e. The molecule has 0 spiro atoms. The molecule has 0 fully saturated rings. The molecule has 0 radical (unpaired) electrons. The van der Waals surface area contributed by atoms with E-state index in [4.69, 9.17) is 0 Å². The van der Waals surface area contributed by atoms with Crippen LogP contribution in [0.25, 0.3) is 11.3 Å². The van der Waals surface area contributed by atoms with Crippen molar-refractivity contribution < 1.29 is 9.90 Å². The molecule has 9 heteroatoms. The van der Waals surface area contributed by atoms with E-state index in [2.05, 4.69) is 32.3 Å². The molecule has 0 saturated heterocycles. The van der Waals surface area contributed by atoms with Gasteiger partial charge in [-0.1, -0.05) is 40.8 Å². The van der Waals surface area contributed by atoms with Gasteiger partial charge in [0.15, 0.2) is 4.34 Å². The highest BCUT2D eigenvalue weighted by atomic mass is 32.2. The van der Waals surface area contributed by atoms with Crippen molar-refractivity contribution in [1.29, 1.82) is 0 Å². The van der Waals surface area contributed by atoms with E-state index in [9.17, 15) is 9.90 Å². The number of nitrogens with zero attached hydrogens (tertiary/aromatic N) is 3. The van der Waals surface area contributed by atoms with Gasteiger partial charge in [0.2, 0.25) is 5.13 Å². The molecule has 25 heavy (non-hydrogen) atoms. The average Bonchev–Trinajstić information content (AvgIpc) is 3.24. The highest BCUT2D eigenvalue weighted by molar-refractivity contribution is 8.01. The molecule has 0 bridgehead atoms. The SMILES string of the molecule is C=CCSc1nnc(NC(=O)c2cc(-c3cc(C)ccc3O)n[nH]2)s1. The van der Waals surface area contributed by atoms with E-state index in [-0.39, 0.29) is 17.4 Å². The predicted molar refractivity (Wildman–Crippen MR) is 99.2 cm³/mol. The molecule has 3 aromatic rings. The Bertz CT molecular complexity index is 919. The van der Waals surface area contributed by atoms with E-state index < -0.39 is 0 Å². The molecule has 2 heterocycles. The maximum atomic E-state index is 12.3. The second-order valence-electron chi connectivity index (χ2n) is 5.11. The van der Waals surface area contributed by atoms with Gasteiger partial charge < -0.3 is 5.11 Å². The van der Waals surface area contributed by atoms with Crippen LogP contribution in [0.5, 0.6) is 5.75 Å². The zero-order valence-electron chi connectivity index (χ0n) is 13.3. The van der Waals surface area contributed by atoms with Crippen LogP contribution in [0.4, 0.5) is 5.13 Å². The number of rotatable bonds is 6. The summed E-state index contributed by atoms with van der Waals surface area (Å²) in [6, 6.07) is 6.79. The molecule has 1 amide bonds. The van der Waals surface area contributed by atoms with Gasteiger partial charge >= 0.3 is 0 Å². The third-order valence-corrected chi connectivity index (χ3v) is 5.17. The zero-order chi connectivity index (χ0) is 17.8. The number of hydrogen-bond acceptors (Lipinski definition) is 7. The normalized spacial score (nSPS) is 10.6. The summed E-state index contributed by atoms with van der Waals surface area (Å²) in [5, 5.41) is 27.7. The monoisotopic (exact) mass is 373 g/mol. The number of thioether (sulfide) groups is 1. The minimum Gasteiger partial charge on any atom is -0.507 e. The van der Waals surface area contributed by atoms with Crippen molar-refractivity contribution in [3.63, 3.8) is 0 Å². The third kappa shape index (κ3) is 4.06. The van der Waals surface area contributed by atoms with Crippen LogP contribution in [-0.4, -0.2) is 37.2 Å². The summed E-state index contributed by atoms with van der Waals surface area (Å²) >= 11 is 2.79. The van der Waals surface area contributed by atoms with Crippen LogP contribution in [0.1, 0.15) is 16.1 Å². The molecule has 0 unspecified atom stereocenters. The number of hydrogen-bond donors (Lipinski definition) is 3. The van der Waals surface area contributed by atoms with Crippen LogP contribution in [-0.2, 0) is 0 Å². The highest BCUT2D eigenvalue weighted by Crippen LogP contribution is 2.29. The Labute approximate surface area is 152 Å². The van der Waals surface area contributed by atoms with Crippen LogP contribution < -0.4 is 5.32 Å². The molecule has 1 aromatic carbocycles. The summed E-state index contributed by atoms with van der Waals surface area (Å²) in [5.74, 6) is 0.464. The number of aryl methyl sites for hydroxylation is 1. The Balaban J connectivity index is 1.73. The smallest absolute Gasteiger partial charge is 0.275 e. The third-order valence-electron chi connectivity index (χ3n) is 3.20. The number of nitrogens with one attached hydrogen (secondary N) is 2. The van der Waals surface area contributed by atoms with Gasteiger partial charge in [-0.2, -0.15) is 5.10 Å². The molecule has 0 aliphatic rings. The van der Waals surface area contributed by atoms with Crippen molar-refractivity contribution in [3.05, 3.63) is 48.2 Å². The second kappa shape index (κ2) is 7.49. The number of benzene rings is 1. The van der Waals surface area contributed by atoms with E-state index in [0.717, 1.165) is 15.7 Å². The number of phenols is 1. The lowest BCUT2D eigenvalue weighted by Gasteiger charge is -2.01. The number of carbonyl (C=O) groups excluding carboxylic acids is 1. The Hall–Kier alpha value is -2.65. The standard InChI is InChI=1S/C16H15N5O2S2/c1-3-6-24-16-21-20-15(25-16)17-14(23)12-8-11(18-19-12)10-7-9(2)4-5-13(10)22/h3-5,7-8,22H,1,6H2,2H3,(H,18,19)(H,17,20,23). The first kappa shape index (κ1) is 17.2. The summed E-state index contributed by atoms with van der Waals surface area (Å²) in [6.45, 7) is 5.56. The quantitative estimate of drug-likeness (QED) is 0.347. The first-order chi connectivity index (χ1) is 12.1. The Morgan fingerprint density at radius 2 is 2.28 bits per heavy atom. The van der Waals surface area contributed by atoms with Crippen molar-refractivity contribution in [1.82, 2.24) is 20.4 Å². The molecule has 3 N–H and O–H groups in total. The van der Waals surface area contributed by atoms with Gasteiger partial charge in [0.25, 0.3) is 5.91 Å². The average molecular weight is 373 g/mol. The summed E-state index contributed by atoms with van der Waals surface area (Å²) in [5.41, 5.74) is 2.31. The van der Waals surface area contributed by atoms with Crippen LogP contribution in [0, 0.1) is 6.92 Å². The van der Waals surface area contributed by atoms with Crippen LogP contribution in [0.3, 0.4) is 0 Å². The maximum absolute atomic E-state index is 12.3. The van der Waals surface area contributed by atoms with Gasteiger partial charge in [0.1, 0.15) is 11.4 Å². The number of carbonyl (C=O) groups is 1. The minimum absolute atomic E-state index is 0.108. The fourth-order valence-electron chi connectivity index (χ4n) is 2.04. The molecule has 0 aliphatic carbocycles. The highest BCUT2D eigenvalue weighted by Gasteiger charge is 2.15. The van der Waals surface area contributed by atoms with Gasteiger partial charge in [-0.3, -0.25) is 15.2 Å². The van der Waals surface area contributed by atoms with Crippen molar-refractivity contribution in [2.75, 3.05) is 11.1 Å². The Kier molecular flexibility index (Phi) is 5.15. The number of H-pyrrole nitrogens is 1. The van der Waals surface area contributed by atoms with Crippen LogP contribution >= 0.6 is 23.1 Å². The van der Waals surface area contributed by atoms with E-state index in [1.165, 1.54) is 23.1 Å². The van der Waals surface area contributed by atoms with Gasteiger partial charge in [-0.15, -0.1) is 16.8 Å². The Morgan fingerprint density at radius 1 is 1.44 bits per heavy atom. The number of aromatic nitrogens is 4. The van der Waals surface area contributed by atoms with Gasteiger partial charge in [-0.25, -0.2) is 0 Å². The lowest BCUT2D eigenvalue weighted by molar-refractivity contribution is 0.102. The summed E-state index contributed by atoms with van der Waals surface area (Å²) in [7, 11) is 0. The fourth-order valence-corrected chi connectivity index (χ4v) is 3.55. The van der Waals surface area contributed by atoms with Gasteiger partial charge in [-0.05, 0) is 25.1 Å². The molecule has 7 nitrogen and oxygen atoms in total. The van der Waals surface area contributed by atoms with Crippen molar-refractivity contribution >= 4 is 34.1 Å². The number of aromatic hydroxyl groups is 1. The molecule has 128 valence electrons. The molecular weight excluding hydrogens is 358 g/mol. The second-order valence-corrected chi connectivity index (χ2v) is 7.36. The lowest BCUT2D eigenvalue weighted by Crippen LogP contribution is -2.12. The first-order valence-electron chi connectivity index (χ1n) is 7.31. The zero-order valence-corrected chi connectivity index (χ0v) is 14.9. The molecular formula is C16H15N5O2S2. The summed E-state index contributed by atoms with van der Waals surface area (Å²) in [4.78, 5) is 12.3. The number of amides is 1. The number of anilines is 1. The first-order valence-corrected chi connectivity index (χ1v) is 9.11. The molecule has 2 aromatic heterocycles. The molecule has 0 atom stereocenters. The molecule has 0 aliphatic heterocycles. The van der Waals surface area contributed by atoms with Crippen molar-refractivity contribution in [3.8, 4) is 17.0 Å². The van der Waals surface area contributed by atoms with Crippen molar-refractivity contribution in [2.45, 2.75) is 11.3 Å². The molecule has 3 rings (SSSR count). The van der Waals surface area contributed by atoms with Crippen LogP contribution in [0.2, 0.25) is 0 Å². The number of aromatic amines is 1. The largest absolute Gasteiger partial charge is 0.507 e. The molecule has 0 saturated carbocycles. The fraction of sp³-hybridized carbons (Fsp3) is 0.125. The number of phenolic OH excluding ortho intramolecular Hbond substituents is 1. The van der Waals surface area contributed by atoms with E-state index in [1.54, 1.807) is 30.3 Å². The van der Waals surface area contributed by atoms with Gasteiger partial charge in [0.05, 0.1) is 5.69 Å². The van der Waals surface area contributed by atoms with Crippen LogP contribution in [0.15, 0.2) is 41.3 Å². The van der Waals surface area contributed by atoms with E-state index in [1.807, 2.05) is 6.92 Å². The van der Waals surface area contributed by atoms with E-state index in [0.29, 0.717) is 16.4 Å². The van der Waals surface area contributed by atoms with E-state index >= 15 is 0 Å². The summed E-state index contributed by atoms with van der Waals surface area (Å²) < 4.78 is 0.755.